The van der Waals surface area contributed by atoms with Crippen LogP contribution in [0.3, 0.4) is 0 Å². The van der Waals surface area contributed by atoms with Crippen LogP contribution in [0.2, 0.25) is 5.02 Å². The van der Waals surface area contributed by atoms with E-state index in [4.69, 9.17) is 11.6 Å². The number of halogens is 2. The molecule has 68 valence electrons. The zero-order valence-corrected chi connectivity index (χ0v) is 9.23. The van der Waals surface area contributed by atoms with E-state index in [0.717, 1.165) is 29.2 Å². The quantitative estimate of drug-likeness (QED) is 0.707. The smallest absolute Gasteiger partial charge is 0.127 e. The highest BCUT2D eigenvalue weighted by Crippen LogP contribution is 2.36. The Morgan fingerprint density at radius 3 is 3.00 bits per heavy atom. The second kappa shape index (κ2) is 3.43. The molecule has 0 aliphatic heterocycles. The number of hydrogen-bond acceptors (Lipinski definition) is 1. The topological polar surface area (TPSA) is 17.1 Å². The predicted octanol–water partition coefficient (Wildman–Crippen LogP) is 3.33. The number of hydrogen-bond donors (Lipinski definition) is 0. The van der Waals surface area contributed by atoms with Gasteiger partial charge in [0.2, 0.25) is 0 Å². The van der Waals surface area contributed by atoms with Gasteiger partial charge in [-0.25, -0.2) is 0 Å². The van der Waals surface area contributed by atoms with Crippen LogP contribution in [0.5, 0.6) is 0 Å². The number of aryl methyl sites for hydroxylation is 1. The average molecular weight is 260 g/mol. The standard InChI is InChI=1S/C10H8BrClO/c11-9-3-6-1-2-7(5-13)8(6)4-10(9)12/h3-5,7H,1-2H2. The molecule has 1 nitrogen and oxygen atoms in total. The molecular weight excluding hydrogens is 251 g/mol. The van der Waals surface area contributed by atoms with E-state index in [0.29, 0.717) is 5.02 Å². The van der Waals surface area contributed by atoms with E-state index in [2.05, 4.69) is 15.9 Å². The first kappa shape index (κ1) is 9.22. The second-order valence-electron chi connectivity index (χ2n) is 3.25. The molecule has 0 saturated heterocycles. The van der Waals surface area contributed by atoms with Gasteiger partial charge in [-0.2, -0.15) is 0 Å². The van der Waals surface area contributed by atoms with Crippen molar-refractivity contribution < 1.29 is 4.79 Å². The van der Waals surface area contributed by atoms with Crippen LogP contribution in [-0.4, -0.2) is 6.29 Å². The maximum absolute atomic E-state index is 10.7. The van der Waals surface area contributed by atoms with Gasteiger partial charge in [-0.15, -0.1) is 0 Å². The SMILES string of the molecule is O=CC1CCc2cc(Br)c(Cl)cc21. The molecule has 1 aromatic carbocycles. The number of rotatable bonds is 1. The summed E-state index contributed by atoms with van der Waals surface area (Å²) < 4.78 is 0.916. The molecule has 0 bridgehead atoms. The van der Waals surface area contributed by atoms with Gasteiger partial charge in [0.05, 0.1) is 5.02 Å². The lowest BCUT2D eigenvalue weighted by atomic mass is 10.0. The Bertz CT molecular complexity index is 362. The van der Waals surface area contributed by atoms with E-state index in [-0.39, 0.29) is 5.92 Å². The Morgan fingerprint density at radius 2 is 2.31 bits per heavy atom. The summed E-state index contributed by atoms with van der Waals surface area (Å²) in [6, 6.07) is 3.91. The molecule has 1 aliphatic rings. The predicted molar refractivity (Wildman–Crippen MR) is 56.3 cm³/mol. The van der Waals surface area contributed by atoms with Crippen molar-refractivity contribution in [1.29, 1.82) is 0 Å². The van der Waals surface area contributed by atoms with Gasteiger partial charge in [0.25, 0.3) is 0 Å². The number of carbonyl (C=O) groups excluding carboxylic acids is 1. The molecule has 0 heterocycles. The second-order valence-corrected chi connectivity index (χ2v) is 4.51. The number of fused-ring (bicyclic) bond motifs is 1. The van der Waals surface area contributed by atoms with E-state index in [1.165, 1.54) is 5.56 Å². The van der Waals surface area contributed by atoms with Gasteiger partial charge in [0, 0.05) is 10.4 Å². The van der Waals surface area contributed by atoms with Crippen molar-refractivity contribution >= 4 is 33.8 Å². The van der Waals surface area contributed by atoms with Crippen LogP contribution in [0.4, 0.5) is 0 Å². The van der Waals surface area contributed by atoms with E-state index < -0.39 is 0 Å². The molecule has 0 spiro atoms. The van der Waals surface area contributed by atoms with Gasteiger partial charge in [-0.1, -0.05) is 11.6 Å². The Balaban J connectivity index is 2.53. The Morgan fingerprint density at radius 1 is 1.54 bits per heavy atom. The Hall–Kier alpha value is -0.340. The maximum Gasteiger partial charge on any atom is 0.127 e. The third kappa shape index (κ3) is 1.53. The van der Waals surface area contributed by atoms with Gasteiger partial charge in [0.1, 0.15) is 6.29 Å². The van der Waals surface area contributed by atoms with Crippen molar-refractivity contribution in [2.45, 2.75) is 18.8 Å². The van der Waals surface area contributed by atoms with Crippen molar-refractivity contribution in [2.24, 2.45) is 0 Å². The fraction of sp³-hybridized carbons (Fsp3) is 0.300. The minimum absolute atomic E-state index is 0.0561. The van der Waals surface area contributed by atoms with Crippen molar-refractivity contribution in [3.05, 3.63) is 32.8 Å². The van der Waals surface area contributed by atoms with E-state index >= 15 is 0 Å². The maximum atomic E-state index is 10.7. The van der Waals surface area contributed by atoms with Crippen molar-refractivity contribution in [2.75, 3.05) is 0 Å². The zero-order valence-electron chi connectivity index (χ0n) is 6.89. The van der Waals surface area contributed by atoms with Gasteiger partial charge < -0.3 is 4.79 Å². The molecule has 0 amide bonds. The minimum Gasteiger partial charge on any atom is -0.303 e. The fourth-order valence-electron chi connectivity index (χ4n) is 1.77. The highest BCUT2D eigenvalue weighted by Gasteiger charge is 2.22. The first-order chi connectivity index (χ1) is 6.22. The fourth-order valence-corrected chi connectivity index (χ4v) is 2.34. The number of carbonyl (C=O) groups is 1. The lowest BCUT2D eigenvalue weighted by molar-refractivity contribution is -0.109. The summed E-state index contributed by atoms with van der Waals surface area (Å²) in [4.78, 5) is 10.7. The highest BCUT2D eigenvalue weighted by molar-refractivity contribution is 9.10. The van der Waals surface area contributed by atoms with Crippen LogP contribution >= 0.6 is 27.5 Å². The summed E-state index contributed by atoms with van der Waals surface area (Å²) in [6.45, 7) is 0. The third-order valence-electron chi connectivity index (χ3n) is 2.47. The third-order valence-corrected chi connectivity index (χ3v) is 3.67. The molecule has 1 unspecified atom stereocenters. The Kier molecular flexibility index (Phi) is 2.43. The largest absolute Gasteiger partial charge is 0.303 e. The van der Waals surface area contributed by atoms with Gasteiger partial charge >= 0.3 is 0 Å². The van der Waals surface area contributed by atoms with E-state index in [1.54, 1.807) is 0 Å². The molecule has 0 saturated carbocycles. The Labute approximate surface area is 90.2 Å². The van der Waals surface area contributed by atoms with Crippen LogP contribution < -0.4 is 0 Å². The summed E-state index contributed by atoms with van der Waals surface area (Å²) in [7, 11) is 0. The summed E-state index contributed by atoms with van der Waals surface area (Å²) in [5.74, 6) is 0.0561. The lowest BCUT2D eigenvalue weighted by Crippen LogP contribution is -1.93. The van der Waals surface area contributed by atoms with E-state index in [9.17, 15) is 4.79 Å². The van der Waals surface area contributed by atoms with Crippen LogP contribution in [0.25, 0.3) is 0 Å². The van der Waals surface area contributed by atoms with E-state index in [1.807, 2.05) is 12.1 Å². The molecular formula is C10H8BrClO. The molecule has 1 atom stereocenters. The molecule has 1 aromatic rings. The van der Waals surface area contributed by atoms with Gasteiger partial charge in [0.15, 0.2) is 0 Å². The van der Waals surface area contributed by atoms with Crippen LogP contribution in [0.1, 0.15) is 23.5 Å². The minimum atomic E-state index is 0.0561. The molecule has 1 aliphatic carbocycles. The molecule has 2 rings (SSSR count). The summed E-state index contributed by atoms with van der Waals surface area (Å²) in [5.41, 5.74) is 2.34. The van der Waals surface area contributed by atoms with Crippen molar-refractivity contribution in [3.8, 4) is 0 Å². The lowest BCUT2D eigenvalue weighted by Gasteiger charge is -2.04. The summed E-state index contributed by atoms with van der Waals surface area (Å²) in [5, 5.41) is 0.688. The van der Waals surface area contributed by atoms with Crippen LogP contribution in [0.15, 0.2) is 16.6 Å². The average Bonchev–Trinajstić information content (AvgIpc) is 2.48. The van der Waals surface area contributed by atoms with Gasteiger partial charge in [-0.05, 0) is 52.0 Å². The molecule has 13 heavy (non-hydrogen) atoms. The molecule has 0 aromatic heterocycles. The van der Waals surface area contributed by atoms with Crippen molar-refractivity contribution in [3.63, 3.8) is 0 Å². The monoisotopic (exact) mass is 258 g/mol. The highest BCUT2D eigenvalue weighted by atomic mass is 79.9. The summed E-state index contributed by atoms with van der Waals surface area (Å²) >= 11 is 9.32. The van der Waals surface area contributed by atoms with Crippen molar-refractivity contribution in [1.82, 2.24) is 0 Å². The normalized spacial score (nSPS) is 20.0. The molecule has 0 fully saturated rings. The van der Waals surface area contributed by atoms with Crippen LogP contribution in [0, 0.1) is 0 Å². The number of benzene rings is 1. The number of aldehydes is 1. The molecule has 0 radical (unpaired) electrons. The summed E-state index contributed by atoms with van der Waals surface area (Å²) in [6.07, 6.45) is 2.91. The zero-order chi connectivity index (χ0) is 9.42. The molecule has 0 N–H and O–H groups in total. The first-order valence-corrected chi connectivity index (χ1v) is 5.32. The van der Waals surface area contributed by atoms with Crippen LogP contribution in [-0.2, 0) is 11.2 Å². The first-order valence-electron chi connectivity index (χ1n) is 4.15. The van der Waals surface area contributed by atoms with Gasteiger partial charge in [-0.3, -0.25) is 0 Å². The molecule has 3 heteroatoms.